The van der Waals surface area contributed by atoms with E-state index in [0.29, 0.717) is 0 Å². The van der Waals surface area contributed by atoms with E-state index in [9.17, 15) is 0 Å². The van der Waals surface area contributed by atoms with Gasteiger partial charge in [0.15, 0.2) is 0 Å². The third-order valence-corrected chi connectivity index (χ3v) is 12.6. The summed E-state index contributed by atoms with van der Waals surface area (Å²) in [6.45, 7) is 7.07. The maximum atomic E-state index is 7.05. The molecule has 0 spiro atoms. The molecule has 0 atom stereocenters. The fourth-order valence-electron chi connectivity index (χ4n) is 9.84. The maximum absolute atomic E-state index is 7.05. The summed E-state index contributed by atoms with van der Waals surface area (Å²) in [5.74, 6) is 0. The van der Waals surface area contributed by atoms with Gasteiger partial charge in [-0.15, -0.1) is 0 Å². The van der Waals surface area contributed by atoms with Crippen molar-refractivity contribution in [1.82, 2.24) is 0 Å². The lowest BCUT2D eigenvalue weighted by molar-refractivity contribution is 0.638. The Kier molecular flexibility index (Phi) is 6.76. The fraction of sp³-hybridized carbons (Fsp3) is 0.0943. The van der Waals surface area contributed by atoms with E-state index in [1.807, 2.05) is 0 Å². The second-order valence-electron chi connectivity index (χ2n) is 15.8. The minimum absolute atomic E-state index is 0.128. The summed E-state index contributed by atoms with van der Waals surface area (Å²) >= 11 is 0. The van der Waals surface area contributed by atoms with E-state index < -0.39 is 0 Å². The van der Waals surface area contributed by atoms with Crippen LogP contribution in [-0.2, 0) is 10.8 Å². The highest BCUT2D eigenvalue weighted by atomic mass is 16.3. The smallest absolute Gasteiger partial charge is 0.139 e. The summed E-state index contributed by atoms with van der Waals surface area (Å²) in [7, 11) is 0. The second-order valence-corrected chi connectivity index (χ2v) is 15.8. The summed E-state index contributed by atoms with van der Waals surface area (Å²) in [6.07, 6.45) is 0. The Bertz CT molecular complexity index is 2920. The van der Waals surface area contributed by atoms with Crippen molar-refractivity contribution in [2.24, 2.45) is 0 Å². The molecule has 0 N–H and O–H groups in total. The van der Waals surface area contributed by atoms with E-state index in [0.717, 1.165) is 39.0 Å². The summed E-state index contributed by atoms with van der Waals surface area (Å²) in [6, 6.07) is 66.5. The molecule has 0 radical (unpaired) electrons. The summed E-state index contributed by atoms with van der Waals surface area (Å²) in [4.78, 5) is 2.43. The lowest BCUT2D eigenvalue weighted by Gasteiger charge is -2.29. The van der Waals surface area contributed by atoms with Crippen molar-refractivity contribution in [2.75, 3.05) is 4.90 Å². The molecule has 2 aliphatic carbocycles. The van der Waals surface area contributed by atoms with Gasteiger partial charge in [-0.3, -0.25) is 0 Å². The van der Waals surface area contributed by atoms with Crippen molar-refractivity contribution in [1.29, 1.82) is 0 Å². The van der Waals surface area contributed by atoms with E-state index in [4.69, 9.17) is 4.42 Å². The standard InChI is InChI=1S/C53H39NO/c1-52(2)43-21-10-7-17-38(43)41-32-31-37(33-47(41)52)54(36-29-27-35(28-30-36)34-15-5-4-6-16-34)48-25-14-26-49-50(48)42-20-13-24-46(51(42)55-49)53(3)44-22-11-8-18-39(44)40-19-9-12-23-45(40)53/h4-33H,1-3H3. The summed E-state index contributed by atoms with van der Waals surface area (Å²) in [5.41, 5.74) is 18.7. The van der Waals surface area contributed by atoms with Crippen LogP contribution in [0.15, 0.2) is 186 Å². The van der Waals surface area contributed by atoms with Gasteiger partial charge >= 0.3 is 0 Å². The first-order chi connectivity index (χ1) is 26.9. The zero-order valence-corrected chi connectivity index (χ0v) is 31.2. The van der Waals surface area contributed by atoms with Crippen molar-refractivity contribution in [3.05, 3.63) is 210 Å². The minimum Gasteiger partial charge on any atom is -0.456 e. The number of anilines is 3. The topological polar surface area (TPSA) is 16.4 Å². The quantitative estimate of drug-likeness (QED) is 0.177. The van der Waals surface area contributed by atoms with Crippen LogP contribution < -0.4 is 4.90 Å². The molecule has 0 bridgehead atoms. The molecule has 1 aromatic heterocycles. The van der Waals surface area contributed by atoms with Crippen LogP contribution in [-0.4, -0.2) is 0 Å². The zero-order valence-electron chi connectivity index (χ0n) is 31.2. The van der Waals surface area contributed by atoms with Crippen molar-refractivity contribution in [2.45, 2.75) is 31.6 Å². The van der Waals surface area contributed by atoms with Crippen LogP contribution in [0.1, 0.15) is 48.6 Å². The highest BCUT2D eigenvalue weighted by molar-refractivity contribution is 6.14. The predicted molar refractivity (Wildman–Crippen MR) is 229 cm³/mol. The van der Waals surface area contributed by atoms with Gasteiger partial charge in [0.2, 0.25) is 0 Å². The van der Waals surface area contributed by atoms with Gasteiger partial charge in [0.1, 0.15) is 11.2 Å². The number of fused-ring (bicyclic) bond motifs is 9. The molecule has 0 aliphatic heterocycles. The number of benzene rings is 8. The lowest BCUT2D eigenvalue weighted by atomic mass is 9.74. The summed E-state index contributed by atoms with van der Waals surface area (Å²) < 4.78 is 7.05. The van der Waals surface area contributed by atoms with Crippen LogP contribution in [0.25, 0.3) is 55.3 Å². The molecule has 0 fully saturated rings. The molecule has 0 saturated heterocycles. The van der Waals surface area contributed by atoms with Gasteiger partial charge in [-0.25, -0.2) is 0 Å². The summed E-state index contributed by atoms with van der Waals surface area (Å²) in [5, 5.41) is 2.23. The Balaban J connectivity index is 1.14. The largest absolute Gasteiger partial charge is 0.456 e. The Morgan fingerprint density at radius 2 is 0.964 bits per heavy atom. The van der Waals surface area contributed by atoms with Crippen LogP contribution in [0.3, 0.4) is 0 Å². The third-order valence-electron chi connectivity index (χ3n) is 12.6. The first kappa shape index (κ1) is 31.8. The van der Waals surface area contributed by atoms with Crippen molar-refractivity contribution >= 4 is 39.0 Å². The van der Waals surface area contributed by atoms with E-state index in [1.165, 1.54) is 61.2 Å². The molecule has 1 heterocycles. The van der Waals surface area contributed by atoms with Gasteiger partial charge in [0.05, 0.1) is 11.1 Å². The normalized spacial score (nSPS) is 14.4. The molecular formula is C53H39NO. The monoisotopic (exact) mass is 705 g/mol. The third kappa shape index (κ3) is 4.49. The molecule has 2 nitrogen and oxygen atoms in total. The number of rotatable bonds is 5. The molecular weight excluding hydrogens is 667 g/mol. The first-order valence-corrected chi connectivity index (χ1v) is 19.3. The highest BCUT2D eigenvalue weighted by Gasteiger charge is 2.42. The average molecular weight is 706 g/mol. The number of hydrogen-bond acceptors (Lipinski definition) is 2. The second kappa shape index (κ2) is 11.7. The van der Waals surface area contributed by atoms with Gasteiger partial charge in [-0.2, -0.15) is 0 Å². The van der Waals surface area contributed by atoms with Crippen molar-refractivity contribution in [3.63, 3.8) is 0 Å². The number of hydrogen-bond donors (Lipinski definition) is 0. The number of nitrogens with zero attached hydrogens (tertiary/aromatic N) is 1. The van der Waals surface area contributed by atoms with Crippen LogP contribution in [0.2, 0.25) is 0 Å². The van der Waals surface area contributed by atoms with E-state index in [2.05, 4.69) is 208 Å². The van der Waals surface area contributed by atoms with Gasteiger partial charge < -0.3 is 9.32 Å². The Labute approximate surface area is 322 Å². The van der Waals surface area contributed by atoms with Crippen molar-refractivity contribution < 1.29 is 4.42 Å². The maximum Gasteiger partial charge on any atom is 0.139 e. The molecule has 2 aliphatic rings. The SMILES string of the molecule is CC1(C)c2ccccc2-c2ccc(N(c3ccc(-c4ccccc4)cc3)c3cccc4oc5c(C6(C)c7ccccc7-c7ccccc76)cccc5c34)cc21. The van der Waals surface area contributed by atoms with Gasteiger partial charge in [0, 0.05) is 33.2 Å². The Hall–Kier alpha value is -6.64. The number of furan rings is 1. The van der Waals surface area contributed by atoms with Crippen LogP contribution in [0, 0.1) is 0 Å². The van der Waals surface area contributed by atoms with Crippen molar-refractivity contribution in [3.8, 4) is 33.4 Å². The highest BCUT2D eigenvalue weighted by Crippen LogP contribution is 2.55. The molecule has 55 heavy (non-hydrogen) atoms. The fourth-order valence-corrected chi connectivity index (χ4v) is 9.84. The van der Waals surface area contributed by atoms with E-state index in [-0.39, 0.29) is 10.8 Å². The lowest BCUT2D eigenvalue weighted by Crippen LogP contribution is -2.22. The molecule has 2 heteroatoms. The van der Waals surface area contributed by atoms with Crippen LogP contribution in [0.5, 0.6) is 0 Å². The van der Waals surface area contributed by atoms with Crippen LogP contribution in [0.4, 0.5) is 17.1 Å². The van der Waals surface area contributed by atoms with Crippen LogP contribution >= 0.6 is 0 Å². The molecule has 9 aromatic rings. The molecule has 262 valence electrons. The van der Waals surface area contributed by atoms with E-state index >= 15 is 0 Å². The molecule has 11 rings (SSSR count). The van der Waals surface area contributed by atoms with Gasteiger partial charge in [-0.05, 0) is 99.0 Å². The molecule has 0 amide bonds. The Morgan fingerprint density at radius 3 is 1.67 bits per heavy atom. The molecule has 8 aromatic carbocycles. The average Bonchev–Trinajstić information content (AvgIpc) is 3.83. The molecule has 0 saturated carbocycles. The van der Waals surface area contributed by atoms with E-state index in [1.54, 1.807) is 0 Å². The number of para-hydroxylation sites is 1. The van der Waals surface area contributed by atoms with Gasteiger partial charge in [-0.1, -0.05) is 159 Å². The first-order valence-electron chi connectivity index (χ1n) is 19.3. The van der Waals surface area contributed by atoms with Gasteiger partial charge in [0.25, 0.3) is 0 Å². The minimum atomic E-state index is -0.381. The molecule has 0 unspecified atom stereocenters. The Morgan fingerprint density at radius 1 is 0.418 bits per heavy atom. The predicted octanol–water partition coefficient (Wildman–Crippen LogP) is 14.4. The zero-order chi connectivity index (χ0) is 36.9.